The number of aliphatic hydroxyl groups is 2. The Balaban J connectivity index is 2.46. The van der Waals surface area contributed by atoms with Gasteiger partial charge in [0.25, 0.3) is 0 Å². The van der Waals surface area contributed by atoms with Crippen molar-refractivity contribution in [3.63, 3.8) is 0 Å². The highest BCUT2D eigenvalue weighted by molar-refractivity contribution is 6.30. The first-order valence-electron chi connectivity index (χ1n) is 5.35. The first-order chi connectivity index (χ1) is 8.54. The molecule has 0 fully saturated rings. The first-order valence-corrected chi connectivity index (χ1v) is 5.35. The number of hydrogen-bond acceptors (Lipinski definition) is 5. The van der Waals surface area contributed by atoms with Gasteiger partial charge >= 0.3 is 0 Å². The molecule has 5 heteroatoms. The van der Waals surface area contributed by atoms with E-state index in [0.717, 1.165) is 6.08 Å². The zero-order valence-electron chi connectivity index (χ0n) is 9.66. The largest absolute Gasteiger partial charge is 0.497 e. The number of carbonyl (C=O) groups excluding carboxylic acids is 2. The Kier molecular flexibility index (Phi) is 3.27. The van der Waals surface area contributed by atoms with Crippen molar-refractivity contribution in [1.82, 2.24) is 0 Å². The van der Waals surface area contributed by atoms with Crippen LogP contribution in [0.15, 0.2) is 30.3 Å². The van der Waals surface area contributed by atoms with Crippen molar-refractivity contribution in [2.75, 3.05) is 7.11 Å². The van der Waals surface area contributed by atoms with Gasteiger partial charge < -0.3 is 14.9 Å². The molecule has 18 heavy (non-hydrogen) atoms. The van der Waals surface area contributed by atoms with E-state index in [0.29, 0.717) is 11.3 Å². The van der Waals surface area contributed by atoms with Crippen molar-refractivity contribution in [2.45, 2.75) is 12.2 Å². The molecule has 0 bridgehead atoms. The molecule has 2 rings (SSSR count). The lowest BCUT2D eigenvalue weighted by Crippen LogP contribution is -2.43. The van der Waals surface area contributed by atoms with Gasteiger partial charge in [-0.2, -0.15) is 0 Å². The van der Waals surface area contributed by atoms with E-state index in [1.807, 2.05) is 0 Å². The van der Waals surface area contributed by atoms with Crippen LogP contribution in [0, 0.1) is 0 Å². The highest BCUT2D eigenvalue weighted by Gasteiger charge is 2.36. The molecule has 0 saturated carbocycles. The van der Waals surface area contributed by atoms with Crippen LogP contribution in [-0.4, -0.2) is 41.1 Å². The van der Waals surface area contributed by atoms with E-state index in [2.05, 4.69) is 0 Å². The summed E-state index contributed by atoms with van der Waals surface area (Å²) >= 11 is 0. The second-order valence-electron chi connectivity index (χ2n) is 3.95. The second kappa shape index (κ2) is 4.72. The molecule has 1 aliphatic rings. The molecule has 2 N–H and O–H groups in total. The third kappa shape index (κ3) is 2.05. The molecule has 94 valence electrons. The van der Waals surface area contributed by atoms with Crippen molar-refractivity contribution < 1.29 is 24.5 Å². The van der Waals surface area contributed by atoms with Crippen molar-refractivity contribution >= 4 is 17.1 Å². The van der Waals surface area contributed by atoms with Crippen molar-refractivity contribution in [2.24, 2.45) is 0 Å². The smallest absolute Gasteiger partial charge is 0.195 e. The zero-order valence-corrected chi connectivity index (χ0v) is 9.66. The third-order valence-corrected chi connectivity index (χ3v) is 2.79. The minimum atomic E-state index is -1.70. The van der Waals surface area contributed by atoms with Gasteiger partial charge in [-0.1, -0.05) is 12.1 Å². The highest BCUT2D eigenvalue weighted by Crippen LogP contribution is 2.25. The van der Waals surface area contributed by atoms with E-state index in [9.17, 15) is 19.8 Å². The quantitative estimate of drug-likeness (QED) is 0.766. The topological polar surface area (TPSA) is 83.8 Å². The Bertz CT molecular complexity index is 532. The third-order valence-electron chi connectivity index (χ3n) is 2.79. The molecule has 1 aromatic carbocycles. The summed E-state index contributed by atoms with van der Waals surface area (Å²) in [5.41, 5.74) is 0.551. The minimum Gasteiger partial charge on any atom is -0.497 e. The number of hydrogen-bond donors (Lipinski definition) is 2. The number of Topliss-reactive ketones (excluding diaryl/α,β-unsaturated/α-hetero) is 1. The summed E-state index contributed by atoms with van der Waals surface area (Å²) in [5, 5.41) is 18.8. The summed E-state index contributed by atoms with van der Waals surface area (Å²) in [6, 6.07) is 6.58. The fourth-order valence-electron chi connectivity index (χ4n) is 1.77. The number of methoxy groups -OCH3 is 1. The molecule has 1 aromatic rings. The molecule has 0 radical (unpaired) electrons. The first kappa shape index (κ1) is 12.5. The molecule has 0 spiro atoms. The maximum Gasteiger partial charge on any atom is 0.195 e. The standard InChI is InChI=1S/C13H12O5/c1-18-8-4-2-3-7(5-8)9-6-10(14)12(16)13(17)11(9)15/h2-6,12-13,16-17H,1H3/t12-,13+/m1/s1. The van der Waals surface area contributed by atoms with E-state index >= 15 is 0 Å². The predicted molar refractivity (Wildman–Crippen MR) is 63.0 cm³/mol. The maximum absolute atomic E-state index is 11.8. The van der Waals surface area contributed by atoms with Crippen molar-refractivity contribution in [3.8, 4) is 5.75 Å². The molecule has 0 aliphatic heterocycles. The van der Waals surface area contributed by atoms with E-state index in [1.54, 1.807) is 24.3 Å². The van der Waals surface area contributed by atoms with Crippen LogP contribution in [0.5, 0.6) is 5.75 Å². The van der Waals surface area contributed by atoms with Gasteiger partial charge in [-0.05, 0) is 23.8 Å². The van der Waals surface area contributed by atoms with E-state index in [1.165, 1.54) is 7.11 Å². The number of benzene rings is 1. The fourth-order valence-corrected chi connectivity index (χ4v) is 1.77. The summed E-state index contributed by atoms with van der Waals surface area (Å²) in [4.78, 5) is 23.2. The molecule has 0 unspecified atom stereocenters. The van der Waals surface area contributed by atoms with Gasteiger partial charge in [0.05, 0.1) is 7.11 Å². The highest BCUT2D eigenvalue weighted by atomic mass is 16.5. The number of ether oxygens (including phenoxy) is 1. The summed E-state index contributed by atoms with van der Waals surface area (Å²) in [5.74, 6) is -0.815. The molecule has 0 saturated heterocycles. The average molecular weight is 248 g/mol. The SMILES string of the molecule is COc1cccc(C2=CC(=O)[C@@H](O)[C@@H](O)C2=O)c1. The Morgan fingerprint density at radius 1 is 1.17 bits per heavy atom. The lowest BCUT2D eigenvalue weighted by molar-refractivity contribution is -0.138. The Hall–Kier alpha value is -1.98. The second-order valence-corrected chi connectivity index (χ2v) is 3.95. The summed E-state index contributed by atoms with van der Waals surface area (Å²) in [7, 11) is 1.49. The molecular weight excluding hydrogens is 236 g/mol. The zero-order chi connectivity index (χ0) is 13.3. The monoisotopic (exact) mass is 248 g/mol. The number of ketones is 2. The Morgan fingerprint density at radius 3 is 2.56 bits per heavy atom. The van der Waals surface area contributed by atoms with Crippen LogP contribution in [0.25, 0.3) is 5.57 Å². The van der Waals surface area contributed by atoms with Gasteiger partial charge in [-0.25, -0.2) is 0 Å². The Morgan fingerprint density at radius 2 is 1.89 bits per heavy atom. The van der Waals surface area contributed by atoms with Crippen LogP contribution in [0.2, 0.25) is 0 Å². The molecule has 0 aromatic heterocycles. The molecule has 2 atom stereocenters. The summed E-state index contributed by atoms with van der Waals surface area (Å²) in [6.07, 6.45) is -2.33. The number of aliphatic hydroxyl groups excluding tert-OH is 2. The van der Waals surface area contributed by atoms with Gasteiger partial charge in [0.2, 0.25) is 0 Å². The van der Waals surface area contributed by atoms with Crippen molar-refractivity contribution in [3.05, 3.63) is 35.9 Å². The van der Waals surface area contributed by atoms with Gasteiger partial charge in [0.1, 0.15) is 11.9 Å². The normalized spacial score (nSPS) is 23.8. The lowest BCUT2D eigenvalue weighted by atomic mass is 9.88. The average Bonchev–Trinajstić information content (AvgIpc) is 2.40. The fraction of sp³-hybridized carbons (Fsp3) is 0.231. The van der Waals surface area contributed by atoms with Gasteiger partial charge in [0.15, 0.2) is 17.7 Å². The Labute approximate surface area is 103 Å². The maximum atomic E-state index is 11.8. The lowest BCUT2D eigenvalue weighted by Gasteiger charge is -2.21. The molecule has 5 nitrogen and oxygen atoms in total. The van der Waals surface area contributed by atoms with E-state index in [4.69, 9.17) is 4.74 Å². The van der Waals surface area contributed by atoms with Crippen molar-refractivity contribution in [1.29, 1.82) is 0 Å². The minimum absolute atomic E-state index is 0.0803. The predicted octanol–water partition coefficient (Wildman–Crippen LogP) is -0.0478. The molecule has 0 heterocycles. The molecule has 0 amide bonds. The van der Waals surface area contributed by atoms with Crippen LogP contribution >= 0.6 is 0 Å². The van der Waals surface area contributed by atoms with Gasteiger partial charge in [0, 0.05) is 5.57 Å². The van der Waals surface area contributed by atoms with Crippen LogP contribution in [0.1, 0.15) is 5.56 Å². The summed E-state index contributed by atoms with van der Waals surface area (Å²) < 4.78 is 5.02. The molecule has 1 aliphatic carbocycles. The van der Waals surface area contributed by atoms with E-state index < -0.39 is 23.8 Å². The van der Waals surface area contributed by atoms with Crippen LogP contribution in [-0.2, 0) is 9.59 Å². The van der Waals surface area contributed by atoms with E-state index in [-0.39, 0.29) is 5.57 Å². The summed E-state index contributed by atoms with van der Waals surface area (Å²) in [6.45, 7) is 0. The number of carbonyl (C=O) groups is 2. The van der Waals surface area contributed by atoms with Crippen LogP contribution in [0.3, 0.4) is 0 Å². The van der Waals surface area contributed by atoms with Crippen LogP contribution in [0.4, 0.5) is 0 Å². The van der Waals surface area contributed by atoms with Gasteiger partial charge in [-0.3, -0.25) is 9.59 Å². The van der Waals surface area contributed by atoms with Crippen LogP contribution < -0.4 is 4.74 Å². The van der Waals surface area contributed by atoms with Gasteiger partial charge in [-0.15, -0.1) is 0 Å². The molecular formula is C13H12O5. The number of rotatable bonds is 2.